The van der Waals surface area contributed by atoms with Gasteiger partial charge in [-0.15, -0.1) is 0 Å². The minimum absolute atomic E-state index is 0.177. The van der Waals surface area contributed by atoms with E-state index < -0.39 is 6.09 Å². The van der Waals surface area contributed by atoms with Crippen LogP contribution >= 0.6 is 0 Å². The molecule has 1 amide bonds. The number of amides is 1. The molecule has 0 aliphatic heterocycles. The molecule has 1 aromatic heterocycles. The second kappa shape index (κ2) is 8.92. The van der Waals surface area contributed by atoms with E-state index in [0.29, 0.717) is 31.4 Å². The molecule has 8 nitrogen and oxygen atoms in total. The lowest BCUT2D eigenvalue weighted by Gasteiger charge is -2.10. The summed E-state index contributed by atoms with van der Waals surface area (Å²) in [5.41, 5.74) is 4.87. The SMILES string of the molecule is CCNc1cc(NCCOC(N)=O)nc(COCC)n1. The molecule has 0 saturated carbocycles. The first-order valence-corrected chi connectivity index (χ1v) is 6.51. The number of rotatable bonds is 9. The van der Waals surface area contributed by atoms with Crippen LogP contribution in [-0.2, 0) is 16.1 Å². The number of ether oxygens (including phenoxy) is 2. The number of carbonyl (C=O) groups excluding carboxylic acids is 1. The van der Waals surface area contributed by atoms with Crippen molar-refractivity contribution in [2.24, 2.45) is 5.73 Å². The van der Waals surface area contributed by atoms with Crippen molar-refractivity contribution in [1.29, 1.82) is 0 Å². The Morgan fingerprint density at radius 2 is 2.00 bits per heavy atom. The van der Waals surface area contributed by atoms with Gasteiger partial charge in [-0.2, -0.15) is 0 Å². The fraction of sp³-hybridized carbons (Fsp3) is 0.583. The van der Waals surface area contributed by atoms with Gasteiger partial charge in [-0.1, -0.05) is 0 Å². The Morgan fingerprint density at radius 3 is 2.60 bits per heavy atom. The Hall–Kier alpha value is -2.09. The average Bonchev–Trinajstić information content (AvgIpc) is 2.41. The van der Waals surface area contributed by atoms with Gasteiger partial charge in [-0.05, 0) is 13.8 Å². The highest BCUT2D eigenvalue weighted by atomic mass is 16.5. The van der Waals surface area contributed by atoms with Crippen LogP contribution in [0.1, 0.15) is 19.7 Å². The maximum atomic E-state index is 10.4. The Morgan fingerprint density at radius 1 is 1.30 bits per heavy atom. The van der Waals surface area contributed by atoms with Gasteiger partial charge >= 0.3 is 6.09 Å². The fourth-order valence-electron chi connectivity index (χ4n) is 1.45. The number of nitrogens with zero attached hydrogens (tertiary/aromatic N) is 2. The summed E-state index contributed by atoms with van der Waals surface area (Å²) < 4.78 is 9.93. The molecular formula is C12H21N5O3. The second-order valence-electron chi connectivity index (χ2n) is 3.82. The molecular weight excluding hydrogens is 262 g/mol. The lowest BCUT2D eigenvalue weighted by molar-refractivity contribution is 0.128. The zero-order chi connectivity index (χ0) is 14.8. The van der Waals surface area contributed by atoms with E-state index in [1.807, 2.05) is 13.8 Å². The van der Waals surface area contributed by atoms with Gasteiger partial charge in [0.2, 0.25) is 0 Å². The zero-order valence-corrected chi connectivity index (χ0v) is 11.8. The molecule has 20 heavy (non-hydrogen) atoms. The first-order chi connectivity index (χ1) is 9.65. The normalized spacial score (nSPS) is 10.1. The molecule has 112 valence electrons. The number of hydrogen-bond donors (Lipinski definition) is 3. The van der Waals surface area contributed by atoms with Gasteiger partial charge in [0.1, 0.15) is 24.8 Å². The molecule has 0 aromatic carbocycles. The number of anilines is 2. The minimum Gasteiger partial charge on any atom is -0.448 e. The molecule has 0 saturated heterocycles. The lowest BCUT2D eigenvalue weighted by atomic mass is 10.4. The molecule has 0 aliphatic rings. The van der Waals surface area contributed by atoms with Gasteiger partial charge in [-0.3, -0.25) is 0 Å². The van der Waals surface area contributed by atoms with Crippen LogP contribution in [0.2, 0.25) is 0 Å². The molecule has 4 N–H and O–H groups in total. The molecule has 0 atom stereocenters. The van der Waals surface area contributed by atoms with E-state index in [1.54, 1.807) is 6.07 Å². The van der Waals surface area contributed by atoms with Gasteiger partial charge in [-0.25, -0.2) is 14.8 Å². The number of carbonyl (C=O) groups is 1. The van der Waals surface area contributed by atoms with Crippen molar-refractivity contribution in [3.8, 4) is 0 Å². The van der Waals surface area contributed by atoms with Crippen LogP contribution in [-0.4, -0.2) is 42.4 Å². The van der Waals surface area contributed by atoms with Gasteiger partial charge in [0.25, 0.3) is 0 Å². The topological polar surface area (TPSA) is 111 Å². The number of aromatic nitrogens is 2. The van der Waals surface area contributed by atoms with E-state index in [0.717, 1.165) is 12.4 Å². The van der Waals surface area contributed by atoms with Crippen molar-refractivity contribution in [3.63, 3.8) is 0 Å². The Labute approximate surface area is 118 Å². The first kappa shape index (κ1) is 16.0. The summed E-state index contributed by atoms with van der Waals surface area (Å²) in [7, 11) is 0. The zero-order valence-electron chi connectivity index (χ0n) is 11.8. The average molecular weight is 283 g/mol. The summed E-state index contributed by atoms with van der Waals surface area (Å²) in [5.74, 6) is 1.94. The van der Waals surface area contributed by atoms with Crippen LogP contribution in [0.15, 0.2) is 6.07 Å². The highest BCUT2D eigenvalue weighted by molar-refractivity contribution is 5.64. The van der Waals surface area contributed by atoms with Crippen LogP contribution < -0.4 is 16.4 Å². The predicted molar refractivity (Wildman–Crippen MR) is 75.6 cm³/mol. The minimum atomic E-state index is -0.792. The third kappa shape index (κ3) is 6.19. The van der Waals surface area contributed by atoms with Crippen molar-refractivity contribution >= 4 is 17.7 Å². The highest BCUT2D eigenvalue weighted by Gasteiger charge is 2.04. The van der Waals surface area contributed by atoms with E-state index in [2.05, 4.69) is 25.3 Å². The van der Waals surface area contributed by atoms with E-state index in [1.165, 1.54) is 0 Å². The second-order valence-corrected chi connectivity index (χ2v) is 3.82. The summed E-state index contributed by atoms with van der Waals surface area (Å²) in [6.45, 7) is 6.20. The van der Waals surface area contributed by atoms with Gasteiger partial charge in [0, 0.05) is 19.2 Å². The molecule has 0 radical (unpaired) electrons. The van der Waals surface area contributed by atoms with Crippen LogP contribution in [0.25, 0.3) is 0 Å². The number of primary amides is 1. The molecule has 0 aliphatic carbocycles. The van der Waals surface area contributed by atoms with Crippen molar-refractivity contribution in [2.75, 3.05) is 36.9 Å². The van der Waals surface area contributed by atoms with Crippen molar-refractivity contribution in [3.05, 3.63) is 11.9 Å². The van der Waals surface area contributed by atoms with E-state index in [9.17, 15) is 4.79 Å². The van der Waals surface area contributed by atoms with Crippen molar-refractivity contribution in [2.45, 2.75) is 20.5 Å². The Balaban J connectivity index is 2.62. The highest BCUT2D eigenvalue weighted by Crippen LogP contribution is 2.11. The van der Waals surface area contributed by atoms with E-state index in [4.69, 9.17) is 10.5 Å². The molecule has 0 bridgehead atoms. The molecule has 8 heteroatoms. The van der Waals surface area contributed by atoms with Crippen LogP contribution in [0, 0.1) is 0 Å². The lowest BCUT2D eigenvalue weighted by Crippen LogP contribution is -2.19. The number of nitrogens with two attached hydrogens (primary N) is 1. The fourth-order valence-corrected chi connectivity index (χ4v) is 1.45. The maximum Gasteiger partial charge on any atom is 0.404 e. The van der Waals surface area contributed by atoms with Crippen LogP contribution in [0.5, 0.6) is 0 Å². The quantitative estimate of drug-likeness (QED) is 0.578. The molecule has 0 fully saturated rings. The van der Waals surface area contributed by atoms with E-state index in [-0.39, 0.29) is 6.61 Å². The summed E-state index contributed by atoms with van der Waals surface area (Å²) in [5, 5.41) is 6.16. The van der Waals surface area contributed by atoms with Gasteiger partial charge < -0.3 is 25.8 Å². The number of hydrogen-bond acceptors (Lipinski definition) is 7. The molecule has 1 heterocycles. The van der Waals surface area contributed by atoms with Crippen molar-refractivity contribution in [1.82, 2.24) is 9.97 Å². The molecule has 1 rings (SSSR count). The third-order valence-electron chi connectivity index (χ3n) is 2.22. The van der Waals surface area contributed by atoms with E-state index >= 15 is 0 Å². The summed E-state index contributed by atoms with van der Waals surface area (Å²) in [4.78, 5) is 19.1. The Kier molecular flexibility index (Phi) is 7.12. The largest absolute Gasteiger partial charge is 0.448 e. The van der Waals surface area contributed by atoms with Gasteiger partial charge in [0.15, 0.2) is 5.82 Å². The molecule has 0 unspecified atom stereocenters. The van der Waals surface area contributed by atoms with Crippen molar-refractivity contribution < 1.29 is 14.3 Å². The first-order valence-electron chi connectivity index (χ1n) is 6.51. The van der Waals surface area contributed by atoms with Crippen LogP contribution in [0.3, 0.4) is 0 Å². The number of nitrogens with one attached hydrogen (secondary N) is 2. The summed E-state index contributed by atoms with van der Waals surface area (Å²) in [6, 6.07) is 1.78. The summed E-state index contributed by atoms with van der Waals surface area (Å²) in [6.07, 6.45) is -0.792. The predicted octanol–water partition coefficient (Wildman–Crippen LogP) is 0.952. The Bertz CT molecular complexity index is 428. The standard InChI is InChI=1S/C12H21N5O3/c1-3-14-9-7-10(15-5-6-20-12(13)18)17-11(16-9)8-19-4-2/h7H,3-6,8H2,1-2H3,(H2,13,18)(H2,14,15,16,17). The van der Waals surface area contributed by atoms with Gasteiger partial charge in [0.05, 0.1) is 6.54 Å². The molecule has 0 spiro atoms. The monoisotopic (exact) mass is 283 g/mol. The molecule has 1 aromatic rings. The summed E-state index contributed by atoms with van der Waals surface area (Å²) >= 11 is 0. The van der Waals surface area contributed by atoms with Crippen LogP contribution in [0.4, 0.5) is 16.4 Å². The smallest absolute Gasteiger partial charge is 0.404 e. The third-order valence-corrected chi connectivity index (χ3v) is 2.22. The maximum absolute atomic E-state index is 10.4.